The number of hydrogen-bond acceptors (Lipinski definition) is 2. The molecule has 2 aromatic rings. The number of rotatable bonds is 0. The number of fused-ring (bicyclic) bond motifs is 1. The maximum atomic E-state index is 13.2. The van der Waals surface area contributed by atoms with Crippen molar-refractivity contribution in [2.24, 2.45) is 0 Å². The van der Waals surface area contributed by atoms with Gasteiger partial charge in [0.05, 0.1) is 5.52 Å². The Bertz CT molecular complexity index is 483. The molecule has 2 rings (SSSR count). The first kappa shape index (κ1) is 7.09. The molecule has 1 aromatic heterocycles. The lowest BCUT2D eigenvalue weighted by molar-refractivity contribution is 0.521. The quantitative estimate of drug-likeness (QED) is 0.647. The van der Waals surface area contributed by atoms with Crippen molar-refractivity contribution in [2.75, 3.05) is 0 Å². The van der Waals surface area contributed by atoms with Gasteiger partial charge in [0.15, 0.2) is 11.4 Å². The van der Waals surface area contributed by atoms with Gasteiger partial charge in [-0.3, -0.25) is 4.98 Å². The third-order valence-electron chi connectivity index (χ3n) is 1.72. The van der Waals surface area contributed by atoms with E-state index in [2.05, 4.69) is 9.40 Å². The van der Waals surface area contributed by atoms with E-state index in [1.807, 2.05) is 0 Å². The first-order valence-electron chi connectivity index (χ1n) is 3.46. The second-order valence-electron chi connectivity index (χ2n) is 2.59. The number of benzene rings is 1. The SMILES string of the molecule is Cc1ccc2[nH]c(=O)oc2c1F. The maximum Gasteiger partial charge on any atom is 0.417 e. The summed E-state index contributed by atoms with van der Waals surface area (Å²) >= 11 is 0. The van der Waals surface area contributed by atoms with Crippen LogP contribution in [-0.2, 0) is 0 Å². The third-order valence-corrected chi connectivity index (χ3v) is 1.72. The summed E-state index contributed by atoms with van der Waals surface area (Å²) in [5.41, 5.74) is 0.855. The predicted molar refractivity (Wildman–Crippen MR) is 41.5 cm³/mol. The molecule has 3 nitrogen and oxygen atoms in total. The summed E-state index contributed by atoms with van der Waals surface area (Å²) in [5.74, 6) is -1.11. The van der Waals surface area contributed by atoms with Crippen LogP contribution in [0.15, 0.2) is 21.3 Å². The number of oxazole rings is 1. The molecule has 12 heavy (non-hydrogen) atoms. The summed E-state index contributed by atoms with van der Waals surface area (Å²) in [5, 5.41) is 0. The van der Waals surface area contributed by atoms with Crippen LogP contribution in [0.5, 0.6) is 0 Å². The molecule has 0 saturated carbocycles. The Morgan fingerprint density at radius 1 is 1.50 bits per heavy atom. The smallest absolute Gasteiger partial charge is 0.405 e. The lowest BCUT2D eigenvalue weighted by atomic mass is 10.2. The summed E-state index contributed by atoms with van der Waals surface area (Å²) < 4.78 is 17.8. The van der Waals surface area contributed by atoms with Gasteiger partial charge in [0.1, 0.15) is 0 Å². The highest BCUT2D eigenvalue weighted by Crippen LogP contribution is 2.16. The van der Waals surface area contributed by atoms with Gasteiger partial charge in [-0.05, 0) is 18.6 Å². The standard InChI is InChI=1S/C8H6FNO2/c1-4-2-3-5-7(6(4)9)12-8(11)10-5/h2-3H,1H3,(H,10,11). The Hall–Kier alpha value is -1.58. The third kappa shape index (κ3) is 0.845. The molecule has 1 aromatic carbocycles. The molecule has 0 saturated heterocycles. The molecule has 4 heteroatoms. The fraction of sp³-hybridized carbons (Fsp3) is 0.125. The molecule has 62 valence electrons. The molecular formula is C8H6FNO2. The van der Waals surface area contributed by atoms with Crippen molar-refractivity contribution in [1.82, 2.24) is 4.98 Å². The zero-order chi connectivity index (χ0) is 8.72. The van der Waals surface area contributed by atoms with Crippen molar-refractivity contribution >= 4 is 11.1 Å². The van der Waals surface area contributed by atoms with Gasteiger partial charge in [0.2, 0.25) is 0 Å². The Morgan fingerprint density at radius 2 is 2.25 bits per heavy atom. The first-order valence-corrected chi connectivity index (χ1v) is 3.46. The van der Waals surface area contributed by atoms with Crippen LogP contribution in [0.3, 0.4) is 0 Å². The van der Waals surface area contributed by atoms with E-state index in [1.54, 1.807) is 19.1 Å². The van der Waals surface area contributed by atoms with Gasteiger partial charge in [0, 0.05) is 0 Å². The highest BCUT2D eigenvalue weighted by Gasteiger charge is 2.08. The van der Waals surface area contributed by atoms with E-state index in [4.69, 9.17) is 0 Å². The topological polar surface area (TPSA) is 46.0 Å². The molecule has 0 amide bonds. The van der Waals surface area contributed by atoms with Crippen LogP contribution in [0.2, 0.25) is 0 Å². The zero-order valence-corrected chi connectivity index (χ0v) is 6.35. The van der Waals surface area contributed by atoms with Crippen LogP contribution in [0, 0.1) is 12.7 Å². The number of H-pyrrole nitrogens is 1. The van der Waals surface area contributed by atoms with Crippen molar-refractivity contribution < 1.29 is 8.81 Å². The van der Waals surface area contributed by atoms with E-state index in [-0.39, 0.29) is 5.58 Å². The highest BCUT2D eigenvalue weighted by atomic mass is 19.1. The van der Waals surface area contributed by atoms with Gasteiger partial charge >= 0.3 is 5.76 Å². The molecule has 0 aliphatic heterocycles. The summed E-state index contributed by atoms with van der Waals surface area (Å²) in [7, 11) is 0. The Balaban J connectivity index is 2.99. The molecule has 0 fully saturated rings. The predicted octanol–water partition coefficient (Wildman–Crippen LogP) is 1.57. The molecule has 1 N–H and O–H groups in total. The van der Waals surface area contributed by atoms with Gasteiger partial charge in [0.25, 0.3) is 0 Å². The first-order chi connectivity index (χ1) is 5.68. The zero-order valence-electron chi connectivity index (χ0n) is 6.35. The Kier molecular flexibility index (Phi) is 1.30. The fourth-order valence-corrected chi connectivity index (χ4v) is 1.08. The fourth-order valence-electron chi connectivity index (χ4n) is 1.08. The van der Waals surface area contributed by atoms with Crippen molar-refractivity contribution in [3.63, 3.8) is 0 Å². The number of aromatic amines is 1. The summed E-state index contributed by atoms with van der Waals surface area (Å²) in [4.78, 5) is 13.0. The van der Waals surface area contributed by atoms with Gasteiger partial charge in [-0.2, -0.15) is 0 Å². The molecule has 0 aliphatic carbocycles. The van der Waals surface area contributed by atoms with E-state index >= 15 is 0 Å². The largest absolute Gasteiger partial charge is 0.417 e. The Morgan fingerprint density at radius 3 is 3.00 bits per heavy atom. The van der Waals surface area contributed by atoms with Crippen molar-refractivity contribution in [3.8, 4) is 0 Å². The second kappa shape index (κ2) is 2.20. The molecular weight excluding hydrogens is 161 g/mol. The van der Waals surface area contributed by atoms with Crippen LogP contribution >= 0.6 is 0 Å². The molecule has 0 aliphatic rings. The minimum Gasteiger partial charge on any atom is -0.405 e. The summed E-state index contributed by atoms with van der Waals surface area (Å²) in [6, 6.07) is 3.20. The van der Waals surface area contributed by atoms with Crippen LogP contribution in [0.4, 0.5) is 4.39 Å². The molecule has 0 spiro atoms. The Labute approximate surface area is 66.8 Å². The van der Waals surface area contributed by atoms with E-state index < -0.39 is 11.6 Å². The van der Waals surface area contributed by atoms with E-state index in [9.17, 15) is 9.18 Å². The molecule has 1 heterocycles. The number of nitrogens with one attached hydrogen (secondary N) is 1. The normalized spacial score (nSPS) is 10.8. The lowest BCUT2D eigenvalue weighted by Crippen LogP contribution is -1.92. The van der Waals surface area contributed by atoms with E-state index in [0.29, 0.717) is 11.1 Å². The van der Waals surface area contributed by atoms with Crippen molar-refractivity contribution in [2.45, 2.75) is 6.92 Å². The lowest BCUT2D eigenvalue weighted by Gasteiger charge is -1.93. The highest BCUT2D eigenvalue weighted by molar-refractivity contribution is 5.73. The number of aryl methyl sites for hydroxylation is 1. The molecule has 0 bridgehead atoms. The molecule has 0 unspecified atom stereocenters. The van der Waals surface area contributed by atoms with Crippen molar-refractivity contribution in [1.29, 1.82) is 0 Å². The van der Waals surface area contributed by atoms with Crippen molar-refractivity contribution in [3.05, 3.63) is 34.1 Å². The monoisotopic (exact) mass is 167 g/mol. The maximum absolute atomic E-state index is 13.2. The van der Waals surface area contributed by atoms with Gasteiger partial charge in [-0.1, -0.05) is 6.07 Å². The van der Waals surface area contributed by atoms with Gasteiger partial charge in [-0.15, -0.1) is 0 Å². The number of aromatic nitrogens is 1. The van der Waals surface area contributed by atoms with E-state index in [0.717, 1.165) is 0 Å². The summed E-state index contributed by atoms with van der Waals surface area (Å²) in [6.45, 7) is 1.61. The van der Waals surface area contributed by atoms with E-state index in [1.165, 1.54) is 0 Å². The van der Waals surface area contributed by atoms with Crippen LogP contribution < -0.4 is 5.76 Å². The van der Waals surface area contributed by atoms with Gasteiger partial charge < -0.3 is 4.42 Å². The second-order valence-corrected chi connectivity index (χ2v) is 2.59. The van der Waals surface area contributed by atoms with Crippen LogP contribution in [0.25, 0.3) is 11.1 Å². The van der Waals surface area contributed by atoms with Gasteiger partial charge in [-0.25, -0.2) is 9.18 Å². The van der Waals surface area contributed by atoms with Crippen LogP contribution in [0.1, 0.15) is 5.56 Å². The number of halogens is 1. The average molecular weight is 167 g/mol. The number of hydrogen-bond donors (Lipinski definition) is 1. The molecule has 0 radical (unpaired) electrons. The minimum absolute atomic E-state index is 0.000000000000000222. The minimum atomic E-state index is -0.630. The molecule has 0 atom stereocenters. The summed E-state index contributed by atoms with van der Waals surface area (Å²) in [6.07, 6.45) is 0. The average Bonchev–Trinajstić information content (AvgIpc) is 2.39. The van der Waals surface area contributed by atoms with Crippen LogP contribution in [-0.4, -0.2) is 4.98 Å².